The number of carbonyl (C=O) groups excluding carboxylic acids is 1. The van der Waals surface area contributed by atoms with E-state index < -0.39 is 53.9 Å². The number of carbonyl (C=O) groups is 1. The summed E-state index contributed by atoms with van der Waals surface area (Å²) < 4.78 is 4.35. The molecular weight excluding hydrogens is 344 g/mol. The highest BCUT2D eigenvalue weighted by atomic mass is 17.2. The van der Waals surface area contributed by atoms with Gasteiger partial charge in [0.15, 0.2) is 5.76 Å². The van der Waals surface area contributed by atoms with E-state index >= 15 is 0 Å². The van der Waals surface area contributed by atoms with E-state index in [4.69, 9.17) is 6.42 Å². The lowest BCUT2D eigenvalue weighted by Crippen LogP contribution is -2.41. The Hall–Kier alpha value is -2.49. The molecule has 0 amide bonds. The van der Waals surface area contributed by atoms with Gasteiger partial charge in [-0.2, -0.15) is 0 Å². The highest BCUT2D eigenvalue weighted by molar-refractivity contribution is 5.86. The van der Waals surface area contributed by atoms with Crippen molar-refractivity contribution in [2.45, 2.75) is 25.2 Å². The number of hydrogen-bond acceptors (Lipinski definition) is 11. The Morgan fingerprint density at radius 2 is 1.64 bits per heavy atom. The summed E-state index contributed by atoms with van der Waals surface area (Å²) in [6.45, 7) is 0.348. The summed E-state index contributed by atoms with van der Waals surface area (Å²) in [6.07, 6.45) is -1.35. The molecule has 142 valence electrons. The molecule has 7 N–H and O–H groups in total. The topological polar surface area (TPSA) is 186 Å². The average Bonchev–Trinajstić information content (AvgIpc) is 2.61. The van der Waals surface area contributed by atoms with E-state index in [0.717, 1.165) is 0 Å². The van der Waals surface area contributed by atoms with Crippen molar-refractivity contribution >= 4 is 5.97 Å². The van der Waals surface area contributed by atoms with Crippen molar-refractivity contribution in [1.29, 1.82) is 0 Å². The van der Waals surface area contributed by atoms with Gasteiger partial charge in [-0.05, 0) is 6.92 Å². The summed E-state index contributed by atoms with van der Waals surface area (Å²) >= 11 is 0. The molecule has 11 nitrogen and oxygen atoms in total. The lowest BCUT2D eigenvalue weighted by atomic mass is 10.1. The van der Waals surface area contributed by atoms with Gasteiger partial charge >= 0.3 is 5.97 Å². The first kappa shape index (κ1) is 22.5. The van der Waals surface area contributed by atoms with Crippen LogP contribution in [0.25, 0.3) is 0 Å². The molecule has 0 aromatic carbocycles. The van der Waals surface area contributed by atoms with E-state index in [1.807, 2.05) is 0 Å². The summed E-state index contributed by atoms with van der Waals surface area (Å²) in [7, 11) is 0. The molecule has 11 heteroatoms. The molecular formula is C14H20O11. The fourth-order valence-corrected chi connectivity index (χ4v) is 1.33. The second-order valence-corrected chi connectivity index (χ2v) is 4.41. The Morgan fingerprint density at radius 3 is 2.16 bits per heavy atom. The first-order valence-corrected chi connectivity index (χ1v) is 6.82. The molecule has 0 saturated heterocycles. The van der Waals surface area contributed by atoms with Gasteiger partial charge in [0.05, 0.1) is 6.61 Å². The molecule has 0 bridgehead atoms. The van der Waals surface area contributed by atoms with Crippen LogP contribution in [0, 0.1) is 12.3 Å². The van der Waals surface area contributed by atoms with Crippen molar-refractivity contribution in [3.05, 3.63) is 23.0 Å². The van der Waals surface area contributed by atoms with Gasteiger partial charge in [-0.1, -0.05) is 5.92 Å². The summed E-state index contributed by atoms with van der Waals surface area (Å²) in [5.41, 5.74) is 0. The molecule has 0 aliphatic rings. The second-order valence-electron chi connectivity index (χ2n) is 4.41. The fraction of sp³-hybridized carbons (Fsp3) is 0.500. The van der Waals surface area contributed by atoms with Crippen molar-refractivity contribution in [1.82, 2.24) is 0 Å². The lowest BCUT2D eigenvalue weighted by Gasteiger charge is -2.22. The molecule has 0 aliphatic heterocycles. The zero-order valence-electron chi connectivity index (χ0n) is 13.2. The van der Waals surface area contributed by atoms with Crippen LogP contribution in [-0.4, -0.2) is 79.8 Å². The van der Waals surface area contributed by atoms with Crippen LogP contribution in [-0.2, 0) is 19.3 Å². The van der Waals surface area contributed by atoms with Gasteiger partial charge in [0.25, 0.3) is 0 Å². The van der Waals surface area contributed by atoms with Gasteiger partial charge in [0.1, 0.15) is 31.5 Å². The Labute approximate surface area is 142 Å². The Bertz CT molecular complexity index is 545. The molecule has 0 spiro atoms. The van der Waals surface area contributed by atoms with Crippen LogP contribution >= 0.6 is 0 Å². The Balaban J connectivity index is 5.11. The van der Waals surface area contributed by atoms with Gasteiger partial charge in [0, 0.05) is 0 Å². The second kappa shape index (κ2) is 11.1. The van der Waals surface area contributed by atoms with Crippen LogP contribution in [0.15, 0.2) is 23.0 Å². The van der Waals surface area contributed by atoms with Crippen LogP contribution < -0.4 is 0 Å². The van der Waals surface area contributed by atoms with E-state index in [1.165, 1.54) is 6.92 Å². The standard InChI is InChI=1S/C14H20O11/c1-3-5-24-25-6-7(15)8(16)9(17)10(18)11(19)12(20)13(21)14(22)23-4-2/h1,7-9,15-21H,4-6H2,2H3/b11-10+,13-12+. The number of rotatable bonds is 10. The highest BCUT2D eigenvalue weighted by Gasteiger charge is 2.32. The summed E-state index contributed by atoms with van der Waals surface area (Å²) in [6, 6.07) is 0. The number of aliphatic hydroxyl groups is 7. The van der Waals surface area contributed by atoms with Crippen molar-refractivity contribution in [2.24, 2.45) is 0 Å². The predicted octanol–water partition coefficient (Wildman–Crippen LogP) is -1.13. The van der Waals surface area contributed by atoms with Crippen LogP contribution in [0.3, 0.4) is 0 Å². The van der Waals surface area contributed by atoms with Gasteiger partial charge in [-0.3, -0.25) is 0 Å². The third-order valence-electron chi connectivity index (χ3n) is 2.62. The first-order chi connectivity index (χ1) is 11.7. The SMILES string of the molecule is C#CCOOCC(O)C(O)C(O)/C(O)=C(O)/C(O)=C(\O)C(=O)OCC. The van der Waals surface area contributed by atoms with Gasteiger partial charge in [-0.15, -0.1) is 6.42 Å². The molecule has 0 aromatic rings. The van der Waals surface area contributed by atoms with Crippen LogP contribution in [0.2, 0.25) is 0 Å². The van der Waals surface area contributed by atoms with Gasteiger partial charge in [0.2, 0.25) is 17.3 Å². The maximum atomic E-state index is 11.2. The highest BCUT2D eigenvalue weighted by Crippen LogP contribution is 2.17. The van der Waals surface area contributed by atoms with Crippen LogP contribution in [0.5, 0.6) is 0 Å². The maximum Gasteiger partial charge on any atom is 0.377 e. The quantitative estimate of drug-likeness (QED) is 0.0363. The molecule has 3 unspecified atom stereocenters. The number of hydrogen-bond donors (Lipinski definition) is 7. The largest absolute Gasteiger partial charge is 0.506 e. The van der Waals surface area contributed by atoms with Gasteiger partial charge in [-0.25, -0.2) is 14.6 Å². The number of terminal acetylenes is 1. The van der Waals surface area contributed by atoms with E-state index in [0.29, 0.717) is 0 Å². The lowest BCUT2D eigenvalue weighted by molar-refractivity contribution is -0.301. The third kappa shape index (κ3) is 6.87. The predicted molar refractivity (Wildman–Crippen MR) is 80.0 cm³/mol. The minimum atomic E-state index is -2.32. The number of ether oxygens (including phenoxy) is 1. The average molecular weight is 364 g/mol. The molecule has 0 aliphatic carbocycles. The van der Waals surface area contributed by atoms with E-state index in [9.17, 15) is 40.5 Å². The molecule has 0 rings (SSSR count). The van der Waals surface area contributed by atoms with Crippen LogP contribution in [0.4, 0.5) is 0 Å². The van der Waals surface area contributed by atoms with Gasteiger partial charge < -0.3 is 40.5 Å². The van der Waals surface area contributed by atoms with Crippen molar-refractivity contribution in [3.63, 3.8) is 0 Å². The fourth-order valence-electron chi connectivity index (χ4n) is 1.33. The van der Waals surface area contributed by atoms with E-state index in [2.05, 4.69) is 20.4 Å². The zero-order valence-corrected chi connectivity index (χ0v) is 13.2. The summed E-state index contributed by atoms with van der Waals surface area (Å²) in [5.74, 6) is -5.27. The van der Waals surface area contributed by atoms with Crippen molar-refractivity contribution in [3.8, 4) is 12.3 Å². The van der Waals surface area contributed by atoms with Crippen molar-refractivity contribution < 1.29 is 55.1 Å². The smallest absolute Gasteiger partial charge is 0.377 e. The van der Waals surface area contributed by atoms with Crippen molar-refractivity contribution in [2.75, 3.05) is 19.8 Å². The number of aliphatic hydroxyl groups excluding tert-OH is 7. The Kier molecular flexibility index (Phi) is 10.0. The number of esters is 1. The first-order valence-electron chi connectivity index (χ1n) is 6.82. The zero-order chi connectivity index (χ0) is 19.6. The third-order valence-corrected chi connectivity index (χ3v) is 2.62. The molecule has 0 fully saturated rings. The molecule has 0 saturated carbocycles. The van der Waals surface area contributed by atoms with Crippen LogP contribution in [0.1, 0.15) is 6.92 Å². The molecule has 3 atom stereocenters. The minimum Gasteiger partial charge on any atom is -0.506 e. The molecule has 0 aromatic heterocycles. The monoisotopic (exact) mass is 364 g/mol. The summed E-state index contributed by atoms with van der Waals surface area (Å²) in [4.78, 5) is 20.0. The molecule has 25 heavy (non-hydrogen) atoms. The normalized spacial score (nSPS) is 16.8. The minimum absolute atomic E-state index is 0.151. The Morgan fingerprint density at radius 1 is 1.04 bits per heavy atom. The summed E-state index contributed by atoms with van der Waals surface area (Å²) in [5, 5.41) is 66.8. The maximum absolute atomic E-state index is 11.2. The molecule has 0 heterocycles. The van der Waals surface area contributed by atoms with E-state index in [-0.39, 0.29) is 13.2 Å². The van der Waals surface area contributed by atoms with E-state index in [1.54, 1.807) is 0 Å². The molecule has 0 radical (unpaired) electrons.